The lowest BCUT2D eigenvalue weighted by Gasteiger charge is -2.16. The molecule has 0 atom stereocenters. The van der Waals surface area contributed by atoms with Crippen LogP contribution in [0.2, 0.25) is 5.02 Å². The van der Waals surface area contributed by atoms with Crippen molar-refractivity contribution in [3.05, 3.63) is 34.5 Å². The van der Waals surface area contributed by atoms with Crippen LogP contribution in [0.3, 0.4) is 0 Å². The maximum absolute atomic E-state index is 11.0. The Morgan fingerprint density at radius 1 is 1.50 bits per heavy atom. The number of carbonyl (C=O) groups is 1. The highest BCUT2D eigenvalue weighted by Crippen LogP contribution is 2.30. The third kappa shape index (κ3) is 1.78. The van der Waals surface area contributed by atoms with Crippen molar-refractivity contribution in [2.45, 2.75) is 19.5 Å². The molecule has 2 N–H and O–H groups in total. The average molecular weight is 265 g/mol. The number of fused-ring (bicyclic) bond motifs is 3. The Bertz CT molecular complexity index is 633. The summed E-state index contributed by atoms with van der Waals surface area (Å²) in [6.07, 6.45) is 0.856. The van der Waals surface area contributed by atoms with Crippen molar-refractivity contribution < 1.29 is 9.90 Å². The highest BCUT2D eigenvalue weighted by atomic mass is 35.5. The minimum Gasteiger partial charge on any atom is -0.480 e. The zero-order valence-corrected chi connectivity index (χ0v) is 10.5. The van der Waals surface area contributed by atoms with Gasteiger partial charge in [-0.15, -0.1) is 0 Å². The number of carboxylic acid groups (broad SMARTS) is 1. The first kappa shape index (κ1) is 11.6. The summed E-state index contributed by atoms with van der Waals surface area (Å²) in [7, 11) is 0. The largest absolute Gasteiger partial charge is 0.480 e. The summed E-state index contributed by atoms with van der Waals surface area (Å²) >= 11 is 6.03. The summed E-state index contributed by atoms with van der Waals surface area (Å²) in [5.41, 5.74) is 3.25. The Kier molecular flexibility index (Phi) is 2.76. The Morgan fingerprint density at radius 2 is 2.33 bits per heavy atom. The summed E-state index contributed by atoms with van der Waals surface area (Å²) in [6.45, 7) is 1.67. The van der Waals surface area contributed by atoms with Gasteiger partial charge in [0.15, 0.2) is 0 Å². The van der Waals surface area contributed by atoms with Crippen LogP contribution in [0.1, 0.15) is 11.3 Å². The molecular formula is C13H13ClN2O2. The van der Waals surface area contributed by atoms with E-state index in [0.717, 1.165) is 36.1 Å². The van der Waals surface area contributed by atoms with E-state index in [1.807, 2.05) is 16.7 Å². The number of nitrogens with zero attached hydrogens (tertiary/aromatic N) is 1. The van der Waals surface area contributed by atoms with Crippen molar-refractivity contribution in [1.29, 1.82) is 0 Å². The SMILES string of the molecule is O=C(O)Cn1c2c(c3cc(Cl)ccc31)CNCC2. The first-order valence-electron chi connectivity index (χ1n) is 5.89. The number of nitrogens with one attached hydrogen (secondary N) is 1. The molecule has 4 nitrogen and oxygen atoms in total. The molecule has 2 heterocycles. The number of rotatable bonds is 2. The number of hydrogen-bond acceptors (Lipinski definition) is 2. The molecule has 0 aliphatic carbocycles. The van der Waals surface area contributed by atoms with Gasteiger partial charge < -0.3 is 15.0 Å². The van der Waals surface area contributed by atoms with Gasteiger partial charge in [-0.3, -0.25) is 4.79 Å². The van der Waals surface area contributed by atoms with E-state index in [-0.39, 0.29) is 6.54 Å². The van der Waals surface area contributed by atoms with Crippen molar-refractivity contribution in [2.24, 2.45) is 0 Å². The second kappa shape index (κ2) is 4.30. The number of aromatic nitrogens is 1. The molecule has 2 aromatic rings. The molecule has 1 aliphatic heterocycles. The minimum atomic E-state index is -0.816. The van der Waals surface area contributed by atoms with Crippen LogP contribution in [0.5, 0.6) is 0 Å². The molecule has 0 spiro atoms. The number of aliphatic carboxylic acids is 1. The molecule has 18 heavy (non-hydrogen) atoms. The van der Waals surface area contributed by atoms with Gasteiger partial charge in [0.1, 0.15) is 6.54 Å². The van der Waals surface area contributed by atoms with Crippen molar-refractivity contribution in [2.75, 3.05) is 6.54 Å². The van der Waals surface area contributed by atoms with Crippen molar-refractivity contribution in [3.8, 4) is 0 Å². The molecular weight excluding hydrogens is 252 g/mol. The standard InChI is InChI=1S/C13H13ClN2O2/c14-8-1-2-11-9(5-8)10-6-15-4-3-12(10)16(11)7-13(17)18/h1-2,5,15H,3-4,6-7H2,(H,17,18). The normalized spacial score (nSPS) is 14.7. The van der Waals surface area contributed by atoms with E-state index < -0.39 is 5.97 Å². The zero-order chi connectivity index (χ0) is 12.7. The maximum Gasteiger partial charge on any atom is 0.323 e. The Morgan fingerprint density at radius 3 is 3.11 bits per heavy atom. The fraction of sp³-hybridized carbons (Fsp3) is 0.308. The molecule has 0 unspecified atom stereocenters. The number of benzene rings is 1. The number of halogens is 1. The van der Waals surface area contributed by atoms with E-state index in [1.54, 1.807) is 6.07 Å². The third-order valence-electron chi connectivity index (χ3n) is 3.38. The third-order valence-corrected chi connectivity index (χ3v) is 3.62. The van der Waals surface area contributed by atoms with E-state index >= 15 is 0 Å². The molecule has 0 saturated heterocycles. The highest BCUT2D eigenvalue weighted by molar-refractivity contribution is 6.31. The van der Waals surface area contributed by atoms with E-state index in [1.165, 1.54) is 5.56 Å². The van der Waals surface area contributed by atoms with Gasteiger partial charge in [-0.25, -0.2) is 0 Å². The quantitative estimate of drug-likeness (QED) is 0.873. The van der Waals surface area contributed by atoms with Crippen molar-refractivity contribution in [3.63, 3.8) is 0 Å². The van der Waals surface area contributed by atoms with E-state index in [2.05, 4.69) is 5.32 Å². The molecule has 5 heteroatoms. The van der Waals surface area contributed by atoms with Gasteiger partial charge in [-0.1, -0.05) is 11.6 Å². The van der Waals surface area contributed by atoms with E-state index in [0.29, 0.717) is 5.02 Å². The first-order chi connectivity index (χ1) is 8.66. The van der Waals surface area contributed by atoms with Gasteiger partial charge in [-0.05, 0) is 23.8 Å². The average Bonchev–Trinajstić information content (AvgIpc) is 2.64. The van der Waals surface area contributed by atoms with Crippen LogP contribution in [0.25, 0.3) is 10.9 Å². The number of hydrogen-bond donors (Lipinski definition) is 2. The first-order valence-corrected chi connectivity index (χ1v) is 6.26. The molecule has 0 fully saturated rings. The molecule has 0 saturated carbocycles. The molecule has 3 rings (SSSR count). The molecule has 94 valence electrons. The van der Waals surface area contributed by atoms with Crippen LogP contribution in [0.15, 0.2) is 18.2 Å². The van der Waals surface area contributed by atoms with Crippen LogP contribution in [-0.2, 0) is 24.3 Å². The second-order valence-corrected chi connectivity index (χ2v) is 4.93. The molecule has 1 aromatic heterocycles. The van der Waals surface area contributed by atoms with Crippen molar-refractivity contribution >= 4 is 28.5 Å². The smallest absolute Gasteiger partial charge is 0.323 e. The highest BCUT2D eigenvalue weighted by Gasteiger charge is 2.20. The summed E-state index contributed by atoms with van der Waals surface area (Å²) in [5, 5.41) is 14.1. The van der Waals surface area contributed by atoms with Crippen LogP contribution >= 0.6 is 11.6 Å². The summed E-state index contributed by atoms with van der Waals surface area (Å²) in [5.74, 6) is -0.816. The van der Waals surface area contributed by atoms with Gasteiger partial charge in [0.25, 0.3) is 0 Å². The fourth-order valence-corrected chi connectivity index (χ4v) is 2.84. The monoisotopic (exact) mass is 264 g/mol. The lowest BCUT2D eigenvalue weighted by atomic mass is 10.1. The minimum absolute atomic E-state index is 0.00741. The fourth-order valence-electron chi connectivity index (χ4n) is 2.67. The van der Waals surface area contributed by atoms with E-state index in [9.17, 15) is 4.79 Å². The van der Waals surface area contributed by atoms with E-state index in [4.69, 9.17) is 16.7 Å². The molecule has 1 aromatic carbocycles. The lowest BCUT2D eigenvalue weighted by molar-refractivity contribution is -0.137. The number of carboxylic acids is 1. The lowest BCUT2D eigenvalue weighted by Crippen LogP contribution is -2.25. The van der Waals surface area contributed by atoms with Crippen LogP contribution in [0.4, 0.5) is 0 Å². The topological polar surface area (TPSA) is 54.3 Å². The summed E-state index contributed by atoms with van der Waals surface area (Å²) in [6, 6.07) is 5.63. The predicted octanol–water partition coefficient (Wildman–Crippen LogP) is 2.02. The van der Waals surface area contributed by atoms with Crippen molar-refractivity contribution in [1.82, 2.24) is 9.88 Å². The van der Waals surface area contributed by atoms with Gasteiger partial charge >= 0.3 is 5.97 Å². The Labute approximate surface area is 109 Å². The van der Waals surface area contributed by atoms with Gasteiger partial charge in [0.05, 0.1) is 0 Å². The second-order valence-electron chi connectivity index (χ2n) is 4.49. The molecule has 0 radical (unpaired) electrons. The molecule has 0 amide bonds. The van der Waals surface area contributed by atoms with Gasteiger partial charge in [0.2, 0.25) is 0 Å². The van der Waals surface area contributed by atoms with Gasteiger partial charge in [0, 0.05) is 41.1 Å². The Hall–Kier alpha value is -1.52. The Balaban J connectivity index is 2.28. The van der Waals surface area contributed by atoms with Crippen LogP contribution in [-0.4, -0.2) is 22.2 Å². The zero-order valence-electron chi connectivity index (χ0n) is 9.74. The van der Waals surface area contributed by atoms with Crippen LogP contribution < -0.4 is 5.32 Å². The molecule has 1 aliphatic rings. The summed E-state index contributed by atoms with van der Waals surface area (Å²) in [4.78, 5) is 11.0. The summed E-state index contributed by atoms with van der Waals surface area (Å²) < 4.78 is 1.89. The van der Waals surface area contributed by atoms with Gasteiger partial charge in [-0.2, -0.15) is 0 Å². The maximum atomic E-state index is 11.0. The van der Waals surface area contributed by atoms with Crippen LogP contribution in [0, 0.1) is 0 Å². The molecule has 0 bridgehead atoms. The predicted molar refractivity (Wildman–Crippen MR) is 70.0 cm³/mol.